The predicted molar refractivity (Wildman–Crippen MR) is 54.1 cm³/mol. The number of carbonyl (C=O) groups is 2. The summed E-state index contributed by atoms with van der Waals surface area (Å²) in [6, 6.07) is -0.308. The van der Waals surface area contributed by atoms with Crippen LogP contribution in [-0.2, 0) is 9.59 Å². The van der Waals surface area contributed by atoms with Crippen LogP contribution in [0, 0.1) is 0 Å². The van der Waals surface area contributed by atoms with E-state index in [1.54, 1.807) is 0 Å². The van der Waals surface area contributed by atoms with Crippen LogP contribution in [0.3, 0.4) is 0 Å². The van der Waals surface area contributed by atoms with Crippen molar-refractivity contribution in [3.05, 3.63) is 0 Å². The molecular weight excluding hydrogens is 198 g/mol. The van der Waals surface area contributed by atoms with Crippen LogP contribution in [0.4, 0.5) is 0 Å². The zero-order valence-electron chi connectivity index (χ0n) is 8.75. The maximum atomic E-state index is 11.4. The fourth-order valence-corrected chi connectivity index (χ4v) is 1.46. The Labute approximate surface area is 88.4 Å². The molecule has 6 heteroatoms. The van der Waals surface area contributed by atoms with Crippen molar-refractivity contribution in [2.45, 2.75) is 25.5 Å². The van der Waals surface area contributed by atoms with E-state index in [9.17, 15) is 14.7 Å². The van der Waals surface area contributed by atoms with Crippen LogP contribution in [0.1, 0.15) is 13.3 Å². The molecule has 2 unspecified atom stereocenters. The fraction of sp³-hybridized carbons (Fsp3) is 0.778. The highest BCUT2D eigenvalue weighted by atomic mass is 16.3. The van der Waals surface area contributed by atoms with Crippen LogP contribution < -0.4 is 16.0 Å². The van der Waals surface area contributed by atoms with Gasteiger partial charge in [-0.15, -0.1) is 0 Å². The summed E-state index contributed by atoms with van der Waals surface area (Å²) in [4.78, 5) is 22.0. The summed E-state index contributed by atoms with van der Waals surface area (Å²) in [5.74, 6) is -0.240. The molecule has 1 heterocycles. The number of hydrogen-bond donors (Lipinski definition) is 4. The molecule has 86 valence electrons. The number of rotatable bonds is 4. The van der Waals surface area contributed by atoms with Crippen LogP contribution in [0.15, 0.2) is 0 Å². The quantitative estimate of drug-likeness (QED) is 0.407. The van der Waals surface area contributed by atoms with E-state index in [2.05, 4.69) is 16.0 Å². The van der Waals surface area contributed by atoms with Gasteiger partial charge in [0, 0.05) is 26.6 Å². The van der Waals surface area contributed by atoms with Crippen molar-refractivity contribution in [3.8, 4) is 0 Å². The maximum Gasteiger partial charge on any atom is 0.237 e. The van der Waals surface area contributed by atoms with E-state index in [0.29, 0.717) is 26.1 Å². The third-order valence-corrected chi connectivity index (χ3v) is 2.22. The van der Waals surface area contributed by atoms with Gasteiger partial charge in [-0.05, 0) is 6.42 Å². The summed E-state index contributed by atoms with van der Waals surface area (Å²) >= 11 is 0. The van der Waals surface area contributed by atoms with Gasteiger partial charge in [0.05, 0.1) is 12.1 Å². The number of amides is 2. The van der Waals surface area contributed by atoms with E-state index < -0.39 is 6.10 Å². The highest BCUT2D eigenvalue weighted by Crippen LogP contribution is 2.05. The van der Waals surface area contributed by atoms with Gasteiger partial charge in [-0.25, -0.2) is 0 Å². The zero-order valence-corrected chi connectivity index (χ0v) is 8.75. The first kappa shape index (κ1) is 11.9. The molecule has 0 aromatic carbocycles. The van der Waals surface area contributed by atoms with Crippen LogP contribution >= 0.6 is 0 Å². The second-order valence-electron chi connectivity index (χ2n) is 3.62. The van der Waals surface area contributed by atoms with Gasteiger partial charge in [-0.1, -0.05) is 0 Å². The summed E-state index contributed by atoms with van der Waals surface area (Å²) < 4.78 is 0. The Morgan fingerprint density at radius 2 is 2.07 bits per heavy atom. The minimum Gasteiger partial charge on any atom is -0.392 e. The minimum atomic E-state index is -0.434. The number of β-amino-alcohol motifs (C(OH)–C–C–N with tert-alkyl or cyclic N) is 1. The largest absolute Gasteiger partial charge is 0.392 e. The standard InChI is InChI=1S/C9H17N3O3/c1-6(13)10-2-3-11-9(15)8-4-7(14)5-12-8/h7-8,12,14H,2-5H2,1H3,(H,10,13)(H,11,15). The molecule has 1 rings (SSSR count). The maximum absolute atomic E-state index is 11.4. The molecule has 0 spiro atoms. The number of aliphatic hydroxyl groups is 1. The van der Waals surface area contributed by atoms with Gasteiger partial charge in [0.1, 0.15) is 0 Å². The Balaban J connectivity index is 2.11. The molecule has 1 fully saturated rings. The van der Waals surface area contributed by atoms with Gasteiger partial charge >= 0.3 is 0 Å². The molecule has 2 atom stereocenters. The summed E-state index contributed by atoms with van der Waals surface area (Å²) in [7, 11) is 0. The molecule has 6 nitrogen and oxygen atoms in total. The van der Waals surface area contributed by atoms with Gasteiger partial charge in [0.2, 0.25) is 11.8 Å². The Hall–Kier alpha value is -1.14. The lowest BCUT2D eigenvalue weighted by atomic mass is 10.2. The summed E-state index contributed by atoms with van der Waals surface area (Å²) in [6.07, 6.45) is 0.0162. The minimum absolute atomic E-state index is 0.112. The second-order valence-corrected chi connectivity index (χ2v) is 3.62. The average molecular weight is 215 g/mol. The van der Waals surface area contributed by atoms with Gasteiger partial charge < -0.3 is 21.1 Å². The van der Waals surface area contributed by atoms with Crippen molar-refractivity contribution >= 4 is 11.8 Å². The van der Waals surface area contributed by atoms with E-state index in [1.165, 1.54) is 6.92 Å². The Bertz CT molecular complexity index is 245. The first-order valence-electron chi connectivity index (χ1n) is 5.03. The SMILES string of the molecule is CC(=O)NCCNC(=O)C1CC(O)CN1. The molecule has 0 aliphatic carbocycles. The molecule has 0 aromatic rings. The monoisotopic (exact) mass is 215 g/mol. The highest BCUT2D eigenvalue weighted by Gasteiger charge is 2.27. The first-order valence-corrected chi connectivity index (χ1v) is 5.03. The fourth-order valence-electron chi connectivity index (χ4n) is 1.46. The smallest absolute Gasteiger partial charge is 0.237 e. The van der Waals surface area contributed by atoms with E-state index in [4.69, 9.17) is 0 Å². The molecule has 1 aliphatic rings. The Morgan fingerprint density at radius 1 is 1.40 bits per heavy atom. The molecule has 15 heavy (non-hydrogen) atoms. The predicted octanol–water partition coefficient (Wildman–Crippen LogP) is -2.04. The average Bonchev–Trinajstić information content (AvgIpc) is 2.59. The third-order valence-electron chi connectivity index (χ3n) is 2.22. The Kier molecular flexibility index (Phi) is 4.51. The molecule has 0 saturated carbocycles. The molecular formula is C9H17N3O3. The number of nitrogens with one attached hydrogen (secondary N) is 3. The lowest BCUT2D eigenvalue weighted by Gasteiger charge is -2.10. The van der Waals surface area contributed by atoms with Crippen molar-refractivity contribution in [3.63, 3.8) is 0 Å². The molecule has 0 radical (unpaired) electrons. The van der Waals surface area contributed by atoms with Crippen molar-refractivity contribution in [1.29, 1.82) is 0 Å². The number of hydrogen-bond acceptors (Lipinski definition) is 4. The zero-order chi connectivity index (χ0) is 11.3. The lowest BCUT2D eigenvalue weighted by Crippen LogP contribution is -2.43. The summed E-state index contributed by atoms with van der Waals surface area (Å²) in [5, 5.41) is 17.3. The molecule has 0 bridgehead atoms. The number of aliphatic hydroxyl groups excluding tert-OH is 1. The van der Waals surface area contributed by atoms with Gasteiger partial charge in [-0.3, -0.25) is 9.59 Å². The molecule has 2 amide bonds. The Morgan fingerprint density at radius 3 is 2.60 bits per heavy atom. The van der Waals surface area contributed by atoms with Crippen molar-refractivity contribution in [1.82, 2.24) is 16.0 Å². The van der Waals surface area contributed by atoms with Crippen LogP contribution in [0.5, 0.6) is 0 Å². The molecule has 1 aliphatic heterocycles. The highest BCUT2D eigenvalue weighted by molar-refractivity contribution is 5.82. The molecule has 0 aromatic heterocycles. The van der Waals surface area contributed by atoms with E-state index >= 15 is 0 Å². The van der Waals surface area contributed by atoms with Gasteiger partial charge in [-0.2, -0.15) is 0 Å². The topological polar surface area (TPSA) is 90.5 Å². The van der Waals surface area contributed by atoms with Crippen molar-refractivity contribution < 1.29 is 14.7 Å². The van der Waals surface area contributed by atoms with Crippen LogP contribution in [0.25, 0.3) is 0 Å². The molecule has 1 saturated heterocycles. The lowest BCUT2D eigenvalue weighted by molar-refractivity contribution is -0.123. The van der Waals surface area contributed by atoms with Crippen LogP contribution in [0.2, 0.25) is 0 Å². The van der Waals surface area contributed by atoms with Gasteiger partial charge in [0.25, 0.3) is 0 Å². The van der Waals surface area contributed by atoms with E-state index in [-0.39, 0.29) is 17.9 Å². The first-order chi connectivity index (χ1) is 7.09. The van der Waals surface area contributed by atoms with E-state index in [1.807, 2.05) is 0 Å². The normalized spacial score (nSPS) is 24.9. The van der Waals surface area contributed by atoms with Crippen molar-refractivity contribution in [2.75, 3.05) is 19.6 Å². The summed E-state index contributed by atoms with van der Waals surface area (Å²) in [5.41, 5.74) is 0. The third kappa shape index (κ3) is 4.26. The van der Waals surface area contributed by atoms with Crippen molar-refractivity contribution in [2.24, 2.45) is 0 Å². The van der Waals surface area contributed by atoms with Gasteiger partial charge in [0.15, 0.2) is 0 Å². The molecule has 4 N–H and O–H groups in total. The second kappa shape index (κ2) is 5.67. The summed E-state index contributed by atoms with van der Waals surface area (Å²) in [6.45, 7) is 2.73. The van der Waals surface area contributed by atoms with Crippen LogP contribution in [-0.4, -0.2) is 48.7 Å². The van der Waals surface area contributed by atoms with E-state index in [0.717, 1.165) is 0 Å². The number of carbonyl (C=O) groups excluding carboxylic acids is 2.